The van der Waals surface area contributed by atoms with Crippen LogP contribution >= 0.6 is 0 Å². The fourth-order valence-electron chi connectivity index (χ4n) is 7.13. The fraction of sp³-hybridized carbons (Fsp3) is 0. The van der Waals surface area contributed by atoms with Crippen molar-refractivity contribution in [3.05, 3.63) is 182 Å². The molecule has 228 valence electrons. The largest absolute Gasteiger partial charge is 0.456 e. The van der Waals surface area contributed by atoms with Crippen LogP contribution in [-0.4, -0.2) is 0 Å². The van der Waals surface area contributed by atoms with Gasteiger partial charge in [-0.3, -0.25) is 0 Å². The van der Waals surface area contributed by atoms with Crippen molar-refractivity contribution < 1.29 is 15.4 Å². The minimum absolute atomic E-state index is 0.187. The summed E-state index contributed by atoms with van der Waals surface area (Å²) in [4.78, 5) is 0. The molecule has 0 atom stereocenters. The van der Waals surface area contributed by atoms with E-state index in [1.54, 1.807) is 0 Å². The lowest BCUT2D eigenvalue weighted by atomic mass is 9.85. The molecule has 0 aliphatic rings. The molecule has 0 N–H and O–H groups in total. The van der Waals surface area contributed by atoms with Gasteiger partial charge in [-0.15, -0.1) is 0 Å². The molecule has 1 aromatic heterocycles. The molecular weight excluding hydrogens is 593 g/mol. The Bertz CT molecular complexity index is 3220. The van der Waals surface area contributed by atoms with Gasteiger partial charge in [0, 0.05) is 10.8 Å². The van der Waals surface area contributed by atoms with Gasteiger partial charge in [-0.05, 0) is 101 Å². The number of hydrogen-bond donors (Lipinski definition) is 0. The Morgan fingerprint density at radius 3 is 1.33 bits per heavy atom. The first-order valence-electron chi connectivity index (χ1n) is 20.2. The molecule has 0 saturated carbocycles. The van der Waals surface area contributed by atoms with Gasteiger partial charge in [0.2, 0.25) is 0 Å². The standard InChI is InChI=1S/C48H30O/c1-2-10-31(11-3-1)32-18-22-34(23-19-32)47-39-14-6-8-16-41(39)48(42-17-9-7-15-40(42)47)35-24-20-33(21-25-35)38-26-27-45-43(29-38)44-28-36-12-4-5-13-37(36)30-46(44)49-45/h1-30H/i6D,7D,8D,9D,14D,15D,16D,17D. The van der Waals surface area contributed by atoms with Crippen LogP contribution in [0.3, 0.4) is 0 Å². The number of benzene rings is 9. The molecule has 0 bridgehead atoms. The normalized spacial score (nSPS) is 14.0. The third-order valence-corrected chi connectivity index (χ3v) is 9.50. The highest BCUT2D eigenvalue weighted by molar-refractivity contribution is 6.21. The van der Waals surface area contributed by atoms with E-state index >= 15 is 0 Å². The van der Waals surface area contributed by atoms with Crippen molar-refractivity contribution in [2.45, 2.75) is 0 Å². The summed E-state index contributed by atoms with van der Waals surface area (Å²) in [6.07, 6.45) is 0. The third-order valence-electron chi connectivity index (χ3n) is 9.50. The van der Waals surface area contributed by atoms with E-state index in [1.807, 2.05) is 103 Å². The first-order valence-corrected chi connectivity index (χ1v) is 16.2. The smallest absolute Gasteiger partial charge is 0.136 e. The van der Waals surface area contributed by atoms with Gasteiger partial charge in [0.1, 0.15) is 11.2 Å². The predicted octanol–water partition coefficient (Wildman–Crippen LogP) is 13.7. The number of hydrogen-bond acceptors (Lipinski definition) is 1. The molecule has 0 radical (unpaired) electrons. The highest BCUT2D eigenvalue weighted by atomic mass is 16.3. The molecule has 49 heavy (non-hydrogen) atoms. The van der Waals surface area contributed by atoms with Gasteiger partial charge in [-0.1, -0.05) is 158 Å². The summed E-state index contributed by atoms with van der Waals surface area (Å²) >= 11 is 0. The van der Waals surface area contributed by atoms with Crippen molar-refractivity contribution >= 4 is 54.3 Å². The van der Waals surface area contributed by atoms with Crippen molar-refractivity contribution in [1.82, 2.24) is 0 Å². The van der Waals surface area contributed by atoms with Gasteiger partial charge in [0.25, 0.3) is 0 Å². The number of fused-ring (bicyclic) bond motifs is 6. The van der Waals surface area contributed by atoms with Crippen LogP contribution in [0.4, 0.5) is 0 Å². The molecule has 0 aliphatic heterocycles. The van der Waals surface area contributed by atoms with Crippen LogP contribution in [0.5, 0.6) is 0 Å². The van der Waals surface area contributed by atoms with Crippen molar-refractivity contribution in [3.8, 4) is 44.5 Å². The molecule has 9 aromatic carbocycles. The zero-order chi connectivity index (χ0) is 39.3. The maximum Gasteiger partial charge on any atom is 0.136 e. The topological polar surface area (TPSA) is 13.1 Å². The lowest BCUT2D eigenvalue weighted by Gasteiger charge is -2.18. The molecule has 0 unspecified atom stereocenters. The van der Waals surface area contributed by atoms with E-state index < -0.39 is 24.2 Å². The minimum atomic E-state index is -0.427. The van der Waals surface area contributed by atoms with E-state index in [1.165, 1.54) is 0 Å². The van der Waals surface area contributed by atoms with Crippen molar-refractivity contribution in [2.24, 2.45) is 0 Å². The first-order chi connectivity index (χ1) is 27.6. The van der Waals surface area contributed by atoms with Gasteiger partial charge < -0.3 is 4.42 Å². The average molecular weight is 631 g/mol. The quantitative estimate of drug-likeness (QED) is 0.176. The summed E-state index contributed by atoms with van der Waals surface area (Å²) < 4.78 is 78.3. The van der Waals surface area contributed by atoms with E-state index in [2.05, 4.69) is 30.3 Å². The summed E-state index contributed by atoms with van der Waals surface area (Å²) in [6.45, 7) is 0. The van der Waals surface area contributed by atoms with Gasteiger partial charge in [0.15, 0.2) is 0 Å². The lowest BCUT2D eigenvalue weighted by Crippen LogP contribution is -1.91. The first kappa shape index (κ1) is 20.7. The van der Waals surface area contributed by atoms with Crippen LogP contribution in [0, 0.1) is 0 Å². The van der Waals surface area contributed by atoms with Crippen LogP contribution in [0.25, 0.3) is 98.8 Å². The molecule has 0 fully saturated rings. The third kappa shape index (κ3) is 4.55. The zero-order valence-electron chi connectivity index (χ0n) is 34.1. The molecule has 10 aromatic rings. The Balaban J connectivity index is 1.22. The molecule has 0 spiro atoms. The van der Waals surface area contributed by atoms with Crippen molar-refractivity contribution in [3.63, 3.8) is 0 Å². The Hall–Kier alpha value is -6.44. The van der Waals surface area contributed by atoms with E-state index in [0.717, 1.165) is 55.0 Å². The molecule has 1 nitrogen and oxygen atoms in total. The summed E-state index contributed by atoms with van der Waals surface area (Å²) in [5.74, 6) is 0. The number of furan rings is 1. The summed E-state index contributed by atoms with van der Waals surface area (Å²) in [5, 5.41) is 4.97. The lowest BCUT2D eigenvalue weighted by molar-refractivity contribution is 0.669. The maximum atomic E-state index is 9.28. The van der Waals surface area contributed by atoms with Gasteiger partial charge in [-0.2, -0.15) is 0 Å². The minimum Gasteiger partial charge on any atom is -0.456 e. The van der Waals surface area contributed by atoms with Gasteiger partial charge >= 0.3 is 0 Å². The second kappa shape index (κ2) is 11.1. The van der Waals surface area contributed by atoms with Crippen LogP contribution < -0.4 is 0 Å². The zero-order valence-corrected chi connectivity index (χ0v) is 26.1. The SMILES string of the molecule is [2H]c1c([2H])c([2H])c2c(-c3ccc(-c4ccc5oc6cc7ccccc7cc6c5c4)cc3)c3c([2H])c([2H])c([2H])c([2H])c3c(-c3ccc(-c4ccccc4)cc3)c2c1[2H]. The molecule has 0 saturated heterocycles. The van der Waals surface area contributed by atoms with Crippen LogP contribution in [0.1, 0.15) is 11.0 Å². The van der Waals surface area contributed by atoms with Crippen molar-refractivity contribution in [2.75, 3.05) is 0 Å². The summed E-state index contributed by atoms with van der Waals surface area (Å²) in [6, 6.07) is 40.5. The predicted molar refractivity (Wildman–Crippen MR) is 208 cm³/mol. The van der Waals surface area contributed by atoms with E-state index in [0.29, 0.717) is 22.3 Å². The van der Waals surface area contributed by atoms with E-state index in [-0.39, 0.29) is 45.7 Å². The molecular formula is C48H30O. The summed E-state index contributed by atoms with van der Waals surface area (Å²) in [7, 11) is 0. The highest BCUT2D eigenvalue weighted by Gasteiger charge is 2.17. The Kier molecular flexibility index (Phi) is 4.69. The molecule has 10 rings (SSSR count). The molecule has 1 heterocycles. The summed E-state index contributed by atoms with van der Waals surface area (Å²) in [5.41, 5.74) is 7.10. The Morgan fingerprint density at radius 1 is 0.327 bits per heavy atom. The fourth-order valence-corrected chi connectivity index (χ4v) is 7.13. The van der Waals surface area contributed by atoms with Gasteiger partial charge in [-0.25, -0.2) is 0 Å². The average Bonchev–Trinajstić information content (AvgIpc) is 3.61. The van der Waals surface area contributed by atoms with E-state index in [4.69, 9.17) is 9.90 Å². The highest BCUT2D eigenvalue weighted by Crippen LogP contribution is 2.44. The van der Waals surface area contributed by atoms with Crippen molar-refractivity contribution in [1.29, 1.82) is 0 Å². The maximum absolute atomic E-state index is 9.28. The Morgan fingerprint density at radius 2 is 0.755 bits per heavy atom. The molecule has 0 amide bonds. The number of rotatable bonds is 4. The Labute approximate surface area is 295 Å². The molecule has 0 aliphatic carbocycles. The van der Waals surface area contributed by atoms with Gasteiger partial charge in [0.05, 0.1) is 11.0 Å². The van der Waals surface area contributed by atoms with Crippen LogP contribution in [0.2, 0.25) is 0 Å². The molecule has 1 heteroatoms. The van der Waals surface area contributed by atoms with E-state index in [9.17, 15) is 5.48 Å². The second-order valence-electron chi connectivity index (χ2n) is 12.3. The monoisotopic (exact) mass is 630 g/mol. The van der Waals surface area contributed by atoms with Crippen LogP contribution in [-0.2, 0) is 0 Å². The van der Waals surface area contributed by atoms with Crippen LogP contribution in [0.15, 0.2) is 186 Å². The second-order valence-corrected chi connectivity index (χ2v) is 12.3.